The zero-order valence-corrected chi connectivity index (χ0v) is 18.7. The van der Waals surface area contributed by atoms with Crippen LogP contribution in [-0.2, 0) is 6.18 Å². The maximum absolute atomic E-state index is 14.2. The van der Waals surface area contributed by atoms with Crippen molar-refractivity contribution in [3.05, 3.63) is 64.0 Å². The van der Waals surface area contributed by atoms with Gasteiger partial charge in [-0.3, -0.25) is 4.79 Å². The van der Waals surface area contributed by atoms with Crippen molar-refractivity contribution >= 4 is 39.4 Å². The van der Waals surface area contributed by atoms with Gasteiger partial charge in [0.2, 0.25) is 5.78 Å². The minimum absolute atomic E-state index is 0.0780. The maximum atomic E-state index is 14.2. The number of hydrogen-bond donors (Lipinski definition) is 2. The lowest BCUT2D eigenvalue weighted by atomic mass is 10.0. The van der Waals surface area contributed by atoms with Crippen molar-refractivity contribution in [3.63, 3.8) is 0 Å². The zero-order valence-electron chi connectivity index (χ0n) is 17.9. The molecule has 0 amide bonds. The largest absolute Gasteiger partial charge is 0.416 e. The van der Waals surface area contributed by atoms with Gasteiger partial charge < -0.3 is 20.9 Å². The standard InChI is InChI=1S/C22H20F5N5OS/c1-31-6-8-32(9-7-31)14-4-2-13(3-5-14)29-21-30-20(28)19(34-21)18(33)17-15(23)10-12(11-16(17)24)22(25,26)27/h2-5,10-11H,6-9,28H2,1H3,(H,29,30). The Bertz CT molecular complexity index is 1180. The molecule has 0 bridgehead atoms. The maximum Gasteiger partial charge on any atom is 0.416 e. The number of piperazine rings is 1. The molecule has 4 rings (SSSR count). The second-order valence-corrected chi connectivity index (χ2v) is 8.84. The number of rotatable bonds is 5. The monoisotopic (exact) mass is 497 g/mol. The molecule has 0 radical (unpaired) electrons. The number of nitrogens with one attached hydrogen (secondary N) is 1. The molecular weight excluding hydrogens is 477 g/mol. The number of carbonyl (C=O) groups is 1. The van der Waals surface area contributed by atoms with Crippen molar-refractivity contribution in [1.82, 2.24) is 9.88 Å². The number of benzene rings is 2. The van der Waals surface area contributed by atoms with Gasteiger partial charge in [-0.1, -0.05) is 11.3 Å². The Morgan fingerprint density at radius 2 is 1.65 bits per heavy atom. The highest BCUT2D eigenvalue weighted by Gasteiger charge is 2.34. The first-order valence-electron chi connectivity index (χ1n) is 10.2. The van der Waals surface area contributed by atoms with Crippen molar-refractivity contribution in [1.29, 1.82) is 0 Å². The van der Waals surface area contributed by atoms with Crippen LogP contribution in [0.4, 0.5) is 44.3 Å². The smallest absolute Gasteiger partial charge is 0.382 e. The molecule has 3 aromatic rings. The van der Waals surface area contributed by atoms with Crippen LogP contribution in [0.15, 0.2) is 36.4 Å². The van der Waals surface area contributed by atoms with Crippen molar-refractivity contribution in [3.8, 4) is 0 Å². The van der Waals surface area contributed by atoms with Crippen LogP contribution < -0.4 is 16.0 Å². The van der Waals surface area contributed by atoms with E-state index in [1.54, 1.807) is 0 Å². The number of nitrogens with zero attached hydrogens (tertiary/aromatic N) is 3. The Balaban J connectivity index is 1.51. The summed E-state index contributed by atoms with van der Waals surface area (Å²) in [7, 11) is 2.07. The summed E-state index contributed by atoms with van der Waals surface area (Å²) in [6.07, 6.45) is -4.95. The van der Waals surface area contributed by atoms with Gasteiger partial charge in [0.1, 0.15) is 22.3 Å². The number of nitrogen functional groups attached to an aromatic ring is 1. The van der Waals surface area contributed by atoms with E-state index in [2.05, 4.69) is 27.1 Å². The minimum atomic E-state index is -4.95. The van der Waals surface area contributed by atoms with Crippen LogP contribution in [0.1, 0.15) is 20.8 Å². The van der Waals surface area contributed by atoms with Crippen molar-refractivity contribution < 1.29 is 26.7 Å². The predicted octanol–water partition coefficient (Wildman–Crippen LogP) is 4.75. The number of ketones is 1. The van der Waals surface area contributed by atoms with Gasteiger partial charge in [-0.05, 0) is 43.4 Å². The Hall–Kier alpha value is -3.25. The number of hydrogen-bond acceptors (Lipinski definition) is 7. The Morgan fingerprint density at radius 1 is 1.06 bits per heavy atom. The van der Waals surface area contributed by atoms with Gasteiger partial charge in [0.15, 0.2) is 5.13 Å². The van der Waals surface area contributed by atoms with E-state index in [-0.39, 0.29) is 28.0 Å². The van der Waals surface area contributed by atoms with Crippen LogP contribution in [0.3, 0.4) is 0 Å². The number of alkyl halides is 3. The van der Waals surface area contributed by atoms with Crippen molar-refractivity contribution in [2.24, 2.45) is 0 Å². The molecule has 180 valence electrons. The molecule has 34 heavy (non-hydrogen) atoms. The zero-order chi connectivity index (χ0) is 24.6. The highest BCUT2D eigenvalue weighted by atomic mass is 32.1. The van der Waals surface area contributed by atoms with Crippen LogP contribution in [0.2, 0.25) is 0 Å². The fraction of sp³-hybridized carbons (Fsp3) is 0.273. The molecule has 0 atom stereocenters. The highest BCUT2D eigenvalue weighted by molar-refractivity contribution is 7.18. The van der Waals surface area contributed by atoms with Gasteiger partial charge in [0, 0.05) is 37.6 Å². The lowest BCUT2D eigenvalue weighted by Crippen LogP contribution is -2.44. The van der Waals surface area contributed by atoms with Crippen LogP contribution in [-0.4, -0.2) is 48.9 Å². The second kappa shape index (κ2) is 9.18. The Labute approximate surface area is 195 Å². The quantitative estimate of drug-likeness (QED) is 0.392. The summed E-state index contributed by atoms with van der Waals surface area (Å²) in [4.78, 5) is 20.9. The molecule has 1 aliphatic rings. The normalized spacial score (nSPS) is 14.9. The number of nitrogens with two attached hydrogens (primary N) is 1. The molecule has 12 heteroatoms. The Morgan fingerprint density at radius 3 is 2.21 bits per heavy atom. The average molecular weight is 497 g/mol. The van der Waals surface area contributed by atoms with Crippen molar-refractivity contribution in [2.75, 3.05) is 49.2 Å². The number of likely N-dealkylation sites (N-methyl/N-ethyl adjacent to an activating group) is 1. The Kier molecular flexibility index (Phi) is 6.45. The van der Waals surface area contributed by atoms with Crippen molar-refractivity contribution in [2.45, 2.75) is 6.18 Å². The second-order valence-electron chi connectivity index (χ2n) is 7.84. The molecule has 0 aliphatic carbocycles. The third kappa shape index (κ3) is 4.97. The van der Waals surface area contributed by atoms with E-state index in [0.717, 1.165) is 43.2 Å². The number of carbonyl (C=O) groups excluding carboxylic acids is 1. The van der Waals surface area contributed by atoms with Gasteiger partial charge >= 0.3 is 6.18 Å². The van der Waals surface area contributed by atoms with E-state index < -0.39 is 34.7 Å². The molecule has 3 N–H and O–H groups in total. The summed E-state index contributed by atoms with van der Waals surface area (Å²) in [5.74, 6) is -4.72. The molecule has 0 saturated carbocycles. The van der Waals surface area contributed by atoms with Gasteiger partial charge in [0.25, 0.3) is 0 Å². The summed E-state index contributed by atoms with van der Waals surface area (Å²) in [6.45, 7) is 3.76. The SMILES string of the molecule is CN1CCN(c2ccc(Nc3nc(N)c(C(=O)c4c(F)cc(C(F)(F)F)cc4F)s3)cc2)CC1. The van der Waals surface area contributed by atoms with E-state index in [1.807, 2.05) is 24.3 Å². The van der Waals surface area contributed by atoms with E-state index >= 15 is 0 Å². The van der Waals surface area contributed by atoms with Crippen LogP contribution in [0.5, 0.6) is 0 Å². The molecule has 1 aliphatic heterocycles. The number of halogens is 5. The third-order valence-corrected chi connectivity index (χ3v) is 6.43. The molecule has 0 spiro atoms. The molecule has 1 aromatic heterocycles. The molecular formula is C22H20F5N5OS. The van der Waals surface area contributed by atoms with Gasteiger partial charge in [-0.25, -0.2) is 13.8 Å². The van der Waals surface area contributed by atoms with Gasteiger partial charge in [0.05, 0.1) is 11.1 Å². The molecule has 2 heterocycles. The van der Waals surface area contributed by atoms with Gasteiger partial charge in [-0.2, -0.15) is 13.2 Å². The van der Waals surface area contributed by atoms with E-state index in [4.69, 9.17) is 5.73 Å². The summed E-state index contributed by atoms with van der Waals surface area (Å²) < 4.78 is 66.8. The molecule has 2 aromatic carbocycles. The van der Waals surface area contributed by atoms with Crippen LogP contribution >= 0.6 is 11.3 Å². The van der Waals surface area contributed by atoms with Crippen LogP contribution in [0, 0.1) is 11.6 Å². The van der Waals surface area contributed by atoms with Crippen LogP contribution in [0.25, 0.3) is 0 Å². The number of thiazole rings is 1. The van der Waals surface area contributed by atoms with Gasteiger partial charge in [-0.15, -0.1) is 0 Å². The summed E-state index contributed by atoms with van der Waals surface area (Å²) in [5, 5.41) is 3.17. The predicted molar refractivity (Wildman–Crippen MR) is 121 cm³/mol. The summed E-state index contributed by atoms with van der Waals surface area (Å²) >= 11 is 0.749. The first-order chi connectivity index (χ1) is 16.0. The number of aromatic nitrogens is 1. The third-order valence-electron chi connectivity index (χ3n) is 5.44. The summed E-state index contributed by atoms with van der Waals surface area (Å²) in [6, 6.07) is 7.67. The molecule has 6 nitrogen and oxygen atoms in total. The lowest BCUT2D eigenvalue weighted by molar-refractivity contribution is -0.138. The summed E-state index contributed by atoms with van der Waals surface area (Å²) in [5.41, 5.74) is 4.83. The number of anilines is 4. The first kappa shape index (κ1) is 23.9. The van der Waals surface area contributed by atoms with E-state index in [9.17, 15) is 26.7 Å². The molecule has 1 fully saturated rings. The molecule has 1 saturated heterocycles. The first-order valence-corrected chi connectivity index (χ1v) is 11.0. The average Bonchev–Trinajstić information content (AvgIpc) is 3.13. The van der Waals surface area contributed by atoms with E-state index in [1.165, 1.54) is 0 Å². The fourth-order valence-electron chi connectivity index (χ4n) is 3.56. The topological polar surface area (TPSA) is 74.5 Å². The minimum Gasteiger partial charge on any atom is -0.382 e. The molecule has 0 unspecified atom stereocenters. The highest BCUT2D eigenvalue weighted by Crippen LogP contribution is 2.35. The lowest BCUT2D eigenvalue weighted by Gasteiger charge is -2.34. The van der Waals surface area contributed by atoms with E-state index in [0.29, 0.717) is 5.69 Å². The fourth-order valence-corrected chi connectivity index (χ4v) is 4.41.